The van der Waals surface area contributed by atoms with Crippen LogP contribution in [-0.4, -0.2) is 23.7 Å². The number of aliphatic carboxylic acids is 1. The zero-order valence-electron chi connectivity index (χ0n) is 12.3. The number of hydrogen-bond acceptors (Lipinski definition) is 5. The van der Waals surface area contributed by atoms with Gasteiger partial charge >= 0.3 is 63.3 Å². The van der Waals surface area contributed by atoms with Crippen LogP contribution in [0, 0.1) is 0 Å². The molecule has 0 amide bonds. The first kappa shape index (κ1) is 20.1. The van der Waals surface area contributed by atoms with Crippen LogP contribution < -0.4 is 61.8 Å². The van der Waals surface area contributed by atoms with E-state index in [2.05, 4.69) is 5.32 Å². The average molecular weight is 317 g/mol. The Hall–Kier alpha value is -0.864. The molecule has 1 aromatic carbocycles. The number of carbonyl (C=O) groups is 2. The standard InChI is InChI=1S/C14H17NO5.K/c1-3-20-12(17)8-9(2)15-13(14(18)19)10-4-6-11(16)7-5-10;/h4-8,13,15-16H,3H2,1-2H3,(H,18,19);/q;+1/p-1/b9-8-;/t13-;/m0./s1. The molecule has 1 atom stereocenters. The van der Waals surface area contributed by atoms with E-state index in [0.717, 1.165) is 0 Å². The van der Waals surface area contributed by atoms with E-state index in [9.17, 15) is 19.8 Å². The van der Waals surface area contributed by atoms with E-state index in [-0.39, 0.29) is 63.7 Å². The number of rotatable bonds is 6. The summed E-state index contributed by atoms with van der Waals surface area (Å²) in [6.45, 7) is 3.49. The van der Waals surface area contributed by atoms with Crippen LogP contribution in [0.25, 0.3) is 0 Å². The predicted molar refractivity (Wildman–Crippen MR) is 69.8 cm³/mol. The molecule has 0 heterocycles. The number of carboxylic acids is 1. The fourth-order valence-electron chi connectivity index (χ4n) is 1.58. The summed E-state index contributed by atoms with van der Waals surface area (Å²) in [6.07, 6.45) is 1.18. The Bertz CT molecular complexity index is 513. The van der Waals surface area contributed by atoms with Gasteiger partial charge in [0, 0.05) is 11.8 Å². The molecule has 1 rings (SSSR count). The van der Waals surface area contributed by atoms with Crippen molar-refractivity contribution in [1.29, 1.82) is 0 Å². The fraction of sp³-hybridized carbons (Fsp3) is 0.286. The first-order valence-corrected chi connectivity index (χ1v) is 6.05. The number of esters is 1. The van der Waals surface area contributed by atoms with Gasteiger partial charge in [-0.25, -0.2) is 9.59 Å². The maximum atomic E-state index is 11.3. The van der Waals surface area contributed by atoms with Crippen molar-refractivity contribution >= 4 is 11.9 Å². The number of nitrogens with one attached hydrogen (secondary N) is 1. The van der Waals surface area contributed by atoms with E-state index in [4.69, 9.17) is 4.74 Å². The minimum Gasteiger partial charge on any atom is -0.872 e. The second kappa shape index (κ2) is 9.96. The third kappa shape index (κ3) is 7.10. The van der Waals surface area contributed by atoms with E-state index in [1.54, 1.807) is 13.8 Å². The summed E-state index contributed by atoms with van der Waals surface area (Å²) in [5, 5.41) is 22.9. The Kier molecular flexibility index (Phi) is 9.55. The van der Waals surface area contributed by atoms with Crippen LogP contribution in [0.2, 0.25) is 0 Å². The molecule has 0 aliphatic carbocycles. The molecule has 0 bridgehead atoms. The predicted octanol–water partition coefficient (Wildman–Crippen LogP) is -2.05. The minimum atomic E-state index is -1.11. The third-order valence-corrected chi connectivity index (χ3v) is 2.45. The van der Waals surface area contributed by atoms with Gasteiger partial charge in [0.05, 0.1) is 6.61 Å². The molecule has 0 saturated heterocycles. The maximum Gasteiger partial charge on any atom is 1.00 e. The van der Waals surface area contributed by atoms with Gasteiger partial charge in [-0.15, -0.1) is 5.75 Å². The van der Waals surface area contributed by atoms with E-state index >= 15 is 0 Å². The monoisotopic (exact) mass is 317 g/mol. The topological polar surface area (TPSA) is 98.7 Å². The van der Waals surface area contributed by atoms with E-state index in [0.29, 0.717) is 11.3 Å². The van der Waals surface area contributed by atoms with Crippen LogP contribution in [-0.2, 0) is 14.3 Å². The molecule has 1 aromatic rings. The van der Waals surface area contributed by atoms with Crippen molar-refractivity contribution in [2.24, 2.45) is 0 Å². The minimum absolute atomic E-state index is 0. The number of carbonyl (C=O) groups excluding carboxylic acids is 1. The fourth-order valence-corrected chi connectivity index (χ4v) is 1.58. The summed E-state index contributed by atoms with van der Waals surface area (Å²) < 4.78 is 4.73. The molecule has 0 aromatic heterocycles. The molecule has 0 aliphatic heterocycles. The molecular formula is C14H16KNO5. The van der Waals surface area contributed by atoms with Gasteiger partial charge in [-0.1, -0.05) is 24.3 Å². The first-order valence-electron chi connectivity index (χ1n) is 6.05. The quantitative estimate of drug-likeness (QED) is 0.356. The second-order valence-electron chi connectivity index (χ2n) is 4.06. The Balaban J connectivity index is 0.00000400. The maximum absolute atomic E-state index is 11.3. The largest absolute Gasteiger partial charge is 1.00 e. The van der Waals surface area contributed by atoms with Crippen molar-refractivity contribution in [1.82, 2.24) is 5.32 Å². The molecule has 7 heteroatoms. The molecular weight excluding hydrogens is 301 g/mol. The Labute approximate surface area is 165 Å². The van der Waals surface area contributed by atoms with Crippen LogP contribution in [0.5, 0.6) is 5.75 Å². The number of ether oxygens (including phenoxy) is 1. The van der Waals surface area contributed by atoms with Gasteiger partial charge < -0.3 is 20.3 Å². The van der Waals surface area contributed by atoms with E-state index in [1.807, 2.05) is 0 Å². The van der Waals surface area contributed by atoms with E-state index < -0.39 is 18.0 Å². The van der Waals surface area contributed by atoms with Crippen molar-refractivity contribution in [3.8, 4) is 5.75 Å². The van der Waals surface area contributed by atoms with Gasteiger partial charge in [0.15, 0.2) is 0 Å². The van der Waals surface area contributed by atoms with Crippen LogP contribution in [0.1, 0.15) is 25.5 Å². The zero-order chi connectivity index (χ0) is 15.1. The van der Waals surface area contributed by atoms with Gasteiger partial charge in [0.2, 0.25) is 0 Å². The SMILES string of the molecule is CCOC(=O)/C=C(/C)N[C@H](C(=O)O)c1ccc([O-])cc1.[K+]. The van der Waals surface area contributed by atoms with Gasteiger partial charge in [0.1, 0.15) is 6.04 Å². The molecule has 21 heavy (non-hydrogen) atoms. The molecule has 108 valence electrons. The molecule has 6 nitrogen and oxygen atoms in total. The number of allylic oxidation sites excluding steroid dienone is 1. The smallest absolute Gasteiger partial charge is 0.872 e. The van der Waals surface area contributed by atoms with Gasteiger partial charge in [0.25, 0.3) is 0 Å². The molecule has 0 spiro atoms. The van der Waals surface area contributed by atoms with Crippen molar-refractivity contribution in [3.63, 3.8) is 0 Å². The van der Waals surface area contributed by atoms with Crippen LogP contribution in [0.15, 0.2) is 36.0 Å². The van der Waals surface area contributed by atoms with Crippen LogP contribution >= 0.6 is 0 Å². The Morgan fingerprint density at radius 1 is 1.38 bits per heavy atom. The van der Waals surface area contributed by atoms with Crippen molar-refractivity contribution < 1.29 is 75.9 Å². The third-order valence-electron chi connectivity index (χ3n) is 2.45. The molecule has 0 aliphatic rings. The first-order chi connectivity index (χ1) is 9.43. The zero-order valence-corrected chi connectivity index (χ0v) is 15.4. The summed E-state index contributed by atoms with van der Waals surface area (Å²) in [7, 11) is 0. The summed E-state index contributed by atoms with van der Waals surface area (Å²) in [4.78, 5) is 22.5. The second-order valence-corrected chi connectivity index (χ2v) is 4.06. The Morgan fingerprint density at radius 3 is 2.43 bits per heavy atom. The molecule has 0 fully saturated rings. The molecule has 0 unspecified atom stereocenters. The normalized spacial score (nSPS) is 12.0. The van der Waals surface area contributed by atoms with Crippen molar-refractivity contribution in [3.05, 3.63) is 41.6 Å². The van der Waals surface area contributed by atoms with Crippen molar-refractivity contribution in [2.45, 2.75) is 19.9 Å². The Morgan fingerprint density at radius 2 is 1.95 bits per heavy atom. The molecule has 0 saturated carbocycles. The van der Waals surface area contributed by atoms with Crippen LogP contribution in [0.4, 0.5) is 0 Å². The van der Waals surface area contributed by atoms with Gasteiger partial charge in [-0.3, -0.25) is 0 Å². The van der Waals surface area contributed by atoms with E-state index in [1.165, 1.54) is 30.3 Å². The van der Waals surface area contributed by atoms with Gasteiger partial charge in [-0.2, -0.15) is 0 Å². The van der Waals surface area contributed by atoms with Crippen molar-refractivity contribution in [2.75, 3.05) is 6.61 Å². The van der Waals surface area contributed by atoms with Gasteiger partial charge in [-0.05, 0) is 19.4 Å². The van der Waals surface area contributed by atoms with Crippen LogP contribution in [0.3, 0.4) is 0 Å². The summed E-state index contributed by atoms with van der Waals surface area (Å²) in [5.41, 5.74) is 0.788. The number of carboxylic acid groups (broad SMARTS) is 1. The number of benzene rings is 1. The summed E-state index contributed by atoms with van der Waals surface area (Å²) >= 11 is 0. The molecule has 0 radical (unpaired) electrons. The summed E-state index contributed by atoms with van der Waals surface area (Å²) in [6, 6.07) is 4.41. The molecule has 2 N–H and O–H groups in total. The summed E-state index contributed by atoms with van der Waals surface area (Å²) in [5.74, 6) is -1.85. The average Bonchev–Trinajstić information content (AvgIpc) is 2.37. The number of hydrogen-bond donors (Lipinski definition) is 2.